The summed E-state index contributed by atoms with van der Waals surface area (Å²) >= 11 is 0. The van der Waals surface area contributed by atoms with Crippen molar-refractivity contribution in [1.82, 2.24) is 52.5 Å². The molecule has 0 saturated heterocycles. The Kier molecular flexibility index (Phi) is 21.9. The van der Waals surface area contributed by atoms with Gasteiger partial charge in [0.1, 0.15) is 48.3 Å². The quantitative estimate of drug-likeness (QED) is 0.0535. The molecule has 0 unspecified atom stereocenters. The molecule has 0 aliphatic heterocycles. The van der Waals surface area contributed by atoms with Gasteiger partial charge in [-0.05, 0) is 65.2 Å². The van der Waals surface area contributed by atoms with Crippen molar-refractivity contribution in [3.63, 3.8) is 0 Å². The highest BCUT2D eigenvalue weighted by molar-refractivity contribution is 5.97. The van der Waals surface area contributed by atoms with Crippen molar-refractivity contribution in [1.29, 1.82) is 0 Å². The van der Waals surface area contributed by atoms with Crippen molar-refractivity contribution < 1.29 is 48.3 Å². The van der Waals surface area contributed by atoms with Crippen LogP contribution in [0.25, 0.3) is 0 Å². The second-order valence-electron chi connectivity index (χ2n) is 16.1. The Balaban J connectivity index is 2.93. The highest BCUT2D eigenvalue weighted by atomic mass is 16.4. The van der Waals surface area contributed by atoms with E-state index in [2.05, 4.69) is 52.5 Å². The molecular weight excluding hydrogens is 782 g/mol. The van der Waals surface area contributed by atoms with Crippen molar-refractivity contribution >= 4 is 53.2 Å². The standard InChI is InChI=1S/C39H67N11O10/c1-12-20(6)30(39(59)60)50-38(58)29(15-26-16-41-17-42-26)49-35(55)25(11)46-37(57)28(14-19(4)5)48-34(54)24(10)44-32(52)22(8)43-33(53)23(9)45-36(56)27(13-18(2)3)47-31(51)21(7)40/h16-25,27-30H,12-15,40H2,1-11H3,(H,41,42)(H,43,53)(H,44,52)(H,45,56)(H,46,57)(H,47,51)(H,48,54)(H,49,55)(H,50,58)(H,59,60)/t20-,21-,22-,23-,24-,25-,27-,28-,29-,30-/m0/s1. The molecule has 338 valence electrons. The highest BCUT2D eigenvalue weighted by Gasteiger charge is 2.33. The van der Waals surface area contributed by atoms with Crippen LogP contribution in [0, 0.1) is 17.8 Å². The molecule has 1 aromatic rings. The zero-order valence-corrected chi connectivity index (χ0v) is 36.6. The number of aromatic nitrogens is 2. The van der Waals surface area contributed by atoms with Crippen molar-refractivity contribution in [3.05, 3.63) is 18.2 Å². The Morgan fingerprint density at radius 1 is 0.567 bits per heavy atom. The number of rotatable bonds is 25. The molecule has 12 N–H and O–H groups in total. The number of carbonyl (C=O) groups is 9. The van der Waals surface area contributed by atoms with Crippen molar-refractivity contribution in [3.8, 4) is 0 Å². The van der Waals surface area contributed by atoms with Crippen LogP contribution in [0.5, 0.6) is 0 Å². The number of aliphatic carboxylic acids is 1. The lowest BCUT2D eigenvalue weighted by Crippen LogP contribution is -2.59. The molecule has 1 aromatic heterocycles. The van der Waals surface area contributed by atoms with E-state index in [0.29, 0.717) is 12.1 Å². The molecule has 0 saturated carbocycles. The van der Waals surface area contributed by atoms with Gasteiger partial charge in [-0.1, -0.05) is 48.0 Å². The normalized spacial score (nSPS) is 16.2. The average molecular weight is 850 g/mol. The van der Waals surface area contributed by atoms with E-state index in [9.17, 15) is 48.3 Å². The molecule has 60 heavy (non-hydrogen) atoms. The van der Waals surface area contributed by atoms with E-state index < -0.39 is 114 Å². The summed E-state index contributed by atoms with van der Waals surface area (Å²) < 4.78 is 0. The van der Waals surface area contributed by atoms with E-state index in [1.165, 1.54) is 47.1 Å². The average Bonchev–Trinajstić information content (AvgIpc) is 3.67. The predicted molar refractivity (Wildman–Crippen MR) is 220 cm³/mol. The molecule has 0 spiro atoms. The fraction of sp³-hybridized carbons (Fsp3) is 0.692. The zero-order chi connectivity index (χ0) is 46.0. The maximum absolute atomic E-state index is 13.5. The van der Waals surface area contributed by atoms with Crippen LogP contribution in [-0.4, -0.2) is 123 Å². The van der Waals surface area contributed by atoms with Crippen LogP contribution in [0.4, 0.5) is 0 Å². The molecule has 10 atom stereocenters. The molecule has 0 aliphatic rings. The minimum Gasteiger partial charge on any atom is -0.480 e. The number of amides is 8. The Labute approximate surface area is 351 Å². The van der Waals surface area contributed by atoms with Gasteiger partial charge in [-0.2, -0.15) is 0 Å². The minimum atomic E-state index is -1.24. The third-order valence-electron chi connectivity index (χ3n) is 9.49. The lowest BCUT2D eigenvalue weighted by molar-refractivity contribution is -0.143. The number of nitrogens with two attached hydrogens (primary N) is 1. The monoisotopic (exact) mass is 850 g/mol. The van der Waals surface area contributed by atoms with Crippen LogP contribution >= 0.6 is 0 Å². The number of hydrogen-bond donors (Lipinski definition) is 11. The van der Waals surface area contributed by atoms with Gasteiger partial charge < -0.3 is 58.4 Å². The Morgan fingerprint density at radius 2 is 0.933 bits per heavy atom. The topological polar surface area (TPSA) is 325 Å². The Morgan fingerprint density at radius 3 is 1.28 bits per heavy atom. The molecule has 8 amide bonds. The molecule has 0 radical (unpaired) electrons. The molecule has 1 heterocycles. The van der Waals surface area contributed by atoms with Crippen LogP contribution < -0.4 is 48.3 Å². The van der Waals surface area contributed by atoms with Crippen LogP contribution in [0.2, 0.25) is 0 Å². The van der Waals surface area contributed by atoms with Gasteiger partial charge in [0.05, 0.1) is 12.4 Å². The summed E-state index contributed by atoms with van der Waals surface area (Å²) in [6.45, 7) is 17.8. The lowest BCUT2D eigenvalue weighted by Gasteiger charge is -2.27. The Bertz CT molecular complexity index is 1640. The summed E-state index contributed by atoms with van der Waals surface area (Å²) in [6, 6.07) is -10.1. The first-order valence-electron chi connectivity index (χ1n) is 20.3. The number of aromatic amines is 1. The molecule has 1 rings (SSSR count). The molecule has 0 aromatic carbocycles. The summed E-state index contributed by atoms with van der Waals surface area (Å²) in [5.74, 6) is -7.29. The number of imidazole rings is 1. The first-order valence-corrected chi connectivity index (χ1v) is 20.3. The maximum Gasteiger partial charge on any atom is 0.326 e. The largest absolute Gasteiger partial charge is 0.480 e. The van der Waals surface area contributed by atoms with Crippen molar-refractivity contribution in [2.45, 2.75) is 156 Å². The van der Waals surface area contributed by atoms with Crippen LogP contribution in [0.1, 0.15) is 101 Å². The van der Waals surface area contributed by atoms with E-state index >= 15 is 0 Å². The second kappa shape index (κ2) is 25.1. The van der Waals surface area contributed by atoms with Gasteiger partial charge in [0.25, 0.3) is 0 Å². The van der Waals surface area contributed by atoms with Crippen molar-refractivity contribution in [2.75, 3.05) is 0 Å². The van der Waals surface area contributed by atoms with E-state index in [1.807, 2.05) is 27.7 Å². The maximum atomic E-state index is 13.5. The third-order valence-corrected chi connectivity index (χ3v) is 9.49. The van der Waals surface area contributed by atoms with Crippen LogP contribution in [-0.2, 0) is 49.6 Å². The fourth-order valence-electron chi connectivity index (χ4n) is 5.63. The number of hydrogen-bond acceptors (Lipinski definition) is 11. The summed E-state index contributed by atoms with van der Waals surface area (Å²) in [5, 5.41) is 30.0. The first-order chi connectivity index (χ1) is 27.9. The first kappa shape index (κ1) is 52.4. The van der Waals surface area contributed by atoms with Crippen molar-refractivity contribution in [2.24, 2.45) is 23.5 Å². The minimum absolute atomic E-state index is 0.0290. The molecular formula is C39H67N11O10. The summed E-state index contributed by atoms with van der Waals surface area (Å²) in [7, 11) is 0. The number of nitrogens with zero attached hydrogens (tertiary/aromatic N) is 1. The fourth-order valence-corrected chi connectivity index (χ4v) is 5.63. The smallest absolute Gasteiger partial charge is 0.326 e. The van der Waals surface area contributed by atoms with Gasteiger partial charge in [0.15, 0.2) is 0 Å². The molecule has 0 bridgehead atoms. The molecule has 21 heteroatoms. The molecule has 0 fully saturated rings. The number of carbonyl (C=O) groups excluding carboxylic acids is 8. The second-order valence-corrected chi connectivity index (χ2v) is 16.1. The van der Waals surface area contributed by atoms with Crippen LogP contribution in [0.15, 0.2) is 12.5 Å². The van der Waals surface area contributed by atoms with Gasteiger partial charge in [-0.15, -0.1) is 0 Å². The Hall–Kier alpha value is -5.60. The predicted octanol–water partition coefficient (Wildman–Crippen LogP) is -1.52. The van der Waals surface area contributed by atoms with E-state index in [-0.39, 0.29) is 31.1 Å². The third kappa shape index (κ3) is 18.1. The van der Waals surface area contributed by atoms with Gasteiger partial charge in [0.2, 0.25) is 47.3 Å². The molecule has 21 nitrogen and oxygen atoms in total. The summed E-state index contributed by atoms with van der Waals surface area (Å²) in [6.07, 6.45) is 3.67. The summed E-state index contributed by atoms with van der Waals surface area (Å²) in [4.78, 5) is 123. The van der Waals surface area contributed by atoms with Crippen LogP contribution in [0.3, 0.4) is 0 Å². The summed E-state index contributed by atoms with van der Waals surface area (Å²) in [5.41, 5.74) is 6.10. The number of nitrogens with one attached hydrogen (secondary N) is 9. The SMILES string of the molecule is CC[C@H](C)[C@H](NC(=O)[C@H](Cc1cnc[nH]1)NC(=O)[C@H](C)NC(=O)[C@H](CC(C)C)NC(=O)[C@H](C)NC(=O)[C@H](C)NC(=O)[C@H](C)NC(=O)[C@H](CC(C)C)NC(=O)[C@H](C)N)C(=O)O. The number of carboxylic acids is 1. The van der Waals surface area contributed by atoms with Gasteiger partial charge >= 0.3 is 5.97 Å². The molecule has 0 aliphatic carbocycles. The number of carboxylic acid groups (broad SMARTS) is 1. The zero-order valence-electron chi connectivity index (χ0n) is 36.6. The highest BCUT2D eigenvalue weighted by Crippen LogP contribution is 2.11. The van der Waals surface area contributed by atoms with E-state index in [4.69, 9.17) is 5.73 Å². The van der Waals surface area contributed by atoms with E-state index in [0.717, 1.165) is 0 Å². The van der Waals surface area contributed by atoms with Gasteiger partial charge in [-0.25, -0.2) is 9.78 Å². The van der Waals surface area contributed by atoms with E-state index in [1.54, 1.807) is 13.8 Å². The van der Waals surface area contributed by atoms with Gasteiger partial charge in [-0.3, -0.25) is 38.4 Å². The van der Waals surface area contributed by atoms with Gasteiger partial charge in [0, 0.05) is 18.3 Å². The lowest BCUT2D eigenvalue weighted by atomic mass is 9.98. The number of H-pyrrole nitrogens is 1.